The quantitative estimate of drug-likeness (QED) is 0.656. The fourth-order valence-electron chi connectivity index (χ4n) is 2.16. The predicted molar refractivity (Wildman–Crippen MR) is 68.9 cm³/mol. The number of anilines is 1. The number of morpholine rings is 1. The molecule has 1 aliphatic heterocycles. The average molecular weight is 269 g/mol. The average Bonchev–Trinajstić information content (AvgIpc) is 2.39. The summed E-state index contributed by atoms with van der Waals surface area (Å²) in [5, 5.41) is 13.6. The van der Waals surface area contributed by atoms with Crippen LogP contribution in [0.3, 0.4) is 0 Å². The predicted octanol–water partition coefficient (Wildman–Crippen LogP) is 1.16. The number of halogens is 1. The van der Waals surface area contributed by atoms with E-state index in [2.05, 4.69) is 5.32 Å². The van der Waals surface area contributed by atoms with E-state index in [0.717, 1.165) is 6.07 Å². The summed E-state index contributed by atoms with van der Waals surface area (Å²) in [4.78, 5) is 11.8. The molecule has 0 radical (unpaired) electrons. The molecule has 0 spiro atoms. The van der Waals surface area contributed by atoms with Crippen molar-refractivity contribution in [2.24, 2.45) is 0 Å². The van der Waals surface area contributed by atoms with Gasteiger partial charge in [-0.25, -0.2) is 4.39 Å². The van der Waals surface area contributed by atoms with Crippen molar-refractivity contribution in [3.8, 4) is 0 Å². The van der Waals surface area contributed by atoms with E-state index in [1.807, 2.05) is 11.9 Å². The lowest BCUT2D eigenvalue weighted by molar-refractivity contribution is -0.385. The van der Waals surface area contributed by atoms with Crippen molar-refractivity contribution in [2.75, 3.05) is 38.2 Å². The van der Waals surface area contributed by atoms with Crippen molar-refractivity contribution in [3.63, 3.8) is 0 Å². The summed E-state index contributed by atoms with van der Waals surface area (Å²) in [7, 11) is 1.83. The van der Waals surface area contributed by atoms with Gasteiger partial charge >= 0.3 is 0 Å². The third-order valence-corrected chi connectivity index (χ3v) is 3.05. The van der Waals surface area contributed by atoms with Gasteiger partial charge in [0.15, 0.2) is 5.82 Å². The lowest BCUT2D eigenvalue weighted by atomic mass is 10.2. The second-order valence-corrected chi connectivity index (χ2v) is 4.39. The summed E-state index contributed by atoms with van der Waals surface area (Å²) < 4.78 is 19.4. The minimum Gasteiger partial charge on any atom is -0.373 e. The van der Waals surface area contributed by atoms with Crippen LogP contribution in [0.1, 0.15) is 0 Å². The van der Waals surface area contributed by atoms with Crippen LogP contribution in [0.25, 0.3) is 0 Å². The van der Waals surface area contributed by atoms with Gasteiger partial charge in [-0.3, -0.25) is 10.1 Å². The smallest absolute Gasteiger partial charge is 0.272 e. The highest BCUT2D eigenvalue weighted by Gasteiger charge is 2.23. The molecule has 1 aromatic carbocycles. The maximum Gasteiger partial charge on any atom is 0.272 e. The highest BCUT2D eigenvalue weighted by atomic mass is 19.1. The van der Waals surface area contributed by atoms with Crippen LogP contribution in [0.4, 0.5) is 15.8 Å². The second-order valence-electron chi connectivity index (χ2n) is 4.39. The van der Waals surface area contributed by atoms with E-state index in [1.165, 1.54) is 12.1 Å². The highest BCUT2D eigenvalue weighted by molar-refractivity contribution is 5.52. The second kappa shape index (κ2) is 5.94. The Balaban J connectivity index is 2.15. The first-order chi connectivity index (χ1) is 9.11. The molecule has 1 fully saturated rings. The standard InChI is InChI=1S/C12H16FN3O3/c1-14-7-10-8-15(4-5-19-10)12-3-2-9(16(17)18)6-11(12)13/h2-3,6,10,14H,4-5,7-8H2,1H3. The Hall–Kier alpha value is -1.73. The molecule has 1 unspecified atom stereocenters. The van der Waals surface area contributed by atoms with E-state index >= 15 is 0 Å². The van der Waals surface area contributed by atoms with Crippen LogP contribution in [0.5, 0.6) is 0 Å². The van der Waals surface area contributed by atoms with E-state index < -0.39 is 10.7 Å². The molecule has 1 aliphatic rings. The lowest BCUT2D eigenvalue weighted by Gasteiger charge is -2.34. The summed E-state index contributed by atoms with van der Waals surface area (Å²) in [6, 6.07) is 3.73. The summed E-state index contributed by atoms with van der Waals surface area (Å²) >= 11 is 0. The Labute approximate surface area is 110 Å². The minimum atomic E-state index is -0.601. The Kier molecular flexibility index (Phi) is 4.28. The number of nitrogens with zero attached hydrogens (tertiary/aromatic N) is 2. The number of ether oxygens (including phenoxy) is 1. The molecule has 19 heavy (non-hydrogen) atoms. The van der Waals surface area contributed by atoms with Crippen molar-refractivity contribution in [1.82, 2.24) is 5.32 Å². The molecule has 0 amide bonds. The summed E-state index contributed by atoms with van der Waals surface area (Å²) in [5.74, 6) is -0.570. The van der Waals surface area contributed by atoms with Crippen molar-refractivity contribution < 1.29 is 14.1 Å². The molecule has 2 rings (SSSR count). The first kappa shape index (κ1) is 13.7. The molecule has 0 aromatic heterocycles. The molecule has 0 aliphatic carbocycles. The first-order valence-corrected chi connectivity index (χ1v) is 6.07. The Morgan fingerprint density at radius 2 is 2.42 bits per heavy atom. The normalized spacial score (nSPS) is 19.5. The van der Waals surface area contributed by atoms with Crippen molar-refractivity contribution >= 4 is 11.4 Å². The maximum absolute atomic E-state index is 13.9. The van der Waals surface area contributed by atoms with Gasteiger partial charge in [-0.05, 0) is 13.1 Å². The molecule has 1 atom stereocenters. The molecule has 0 bridgehead atoms. The maximum atomic E-state index is 13.9. The molecular weight excluding hydrogens is 253 g/mol. The Morgan fingerprint density at radius 1 is 1.63 bits per heavy atom. The zero-order valence-electron chi connectivity index (χ0n) is 10.6. The number of hydrogen-bond donors (Lipinski definition) is 1. The molecule has 1 aromatic rings. The van der Waals surface area contributed by atoms with Crippen molar-refractivity contribution in [3.05, 3.63) is 34.1 Å². The van der Waals surface area contributed by atoms with Crippen LogP contribution >= 0.6 is 0 Å². The topological polar surface area (TPSA) is 67.6 Å². The molecule has 6 nitrogen and oxygen atoms in total. The Bertz CT molecular complexity index is 468. The fourth-order valence-corrected chi connectivity index (χ4v) is 2.16. The molecule has 104 valence electrons. The van der Waals surface area contributed by atoms with Gasteiger partial charge in [0, 0.05) is 25.7 Å². The van der Waals surface area contributed by atoms with Gasteiger partial charge in [-0.2, -0.15) is 0 Å². The van der Waals surface area contributed by atoms with Crippen molar-refractivity contribution in [2.45, 2.75) is 6.10 Å². The fraction of sp³-hybridized carbons (Fsp3) is 0.500. The van der Waals surface area contributed by atoms with Gasteiger partial charge in [-0.1, -0.05) is 0 Å². The zero-order chi connectivity index (χ0) is 13.8. The van der Waals surface area contributed by atoms with E-state index in [-0.39, 0.29) is 11.8 Å². The monoisotopic (exact) mass is 269 g/mol. The zero-order valence-corrected chi connectivity index (χ0v) is 10.6. The first-order valence-electron chi connectivity index (χ1n) is 6.07. The number of non-ortho nitro benzene ring substituents is 1. The molecule has 1 heterocycles. The van der Waals surface area contributed by atoms with Crippen LogP contribution in [0.15, 0.2) is 18.2 Å². The van der Waals surface area contributed by atoms with Gasteiger partial charge in [0.1, 0.15) is 0 Å². The number of hydrogen-bond acceptors (Lipinski definition) is 5. The van der Waals surface area contributed by atoms with Crippen LogP contribution in [-0.4, -0.2) is 44.3 Å². The summed E-state index contributed by atoms with van der Waals surface area (Å²) in [6.07, 6.45) is -0.00616. The van der Waals surface area contributed by atoms with Gasteiger partial charge in [0.05, 0.1) is 29.4 Å². The van der Waals surface area contributed by atoms with Gasteiger partial charge in [-0.15, -0.1) is 0 Å². The number of nitro groups is 1. The SMILES string of the molecule is CNCC1CN(c2ccc([N+](=O)[O-])cc2F)CCO1. The van der Waals surface area contributed by atoms with Crippen LogP contribution in [0.2, 0.25) is 0 Å². The summed E-state index contributed by atoms with van der Waals surface area (Å²) in [6.45, 7) is 2.35. The van der Waals surface area contributed by atoms with E-state index in [9.17, 15) is 14.5 Å². The summed E-state index contributed by atoms with van der Waals surface area (Å²) in [5.41, 5.74) is 0.149. The van der Waals surface area contributed by atoms with Crippen molar-refractivity contribution in [1.29, 1.82) is 0 Å². The van der Waals surface area contributed by atoms with Crippen LogP contribution < -0.4 is 10.2 Å². The number of nitrogens with one attached hydrogen (secondary N) is 1. The van der Waals surface area contributed by atoms with Gasteiger partial charge < -0.3 is 15.0 Å². The molecule has 7 heteroatoms. The highest BCUT2D eigenvalue weighted by Crippen LogP contribution is 2.25. The Morgan fingerprint density at radius 3 is 3.05 bits per heavy atom. The third-order valence-electron chi connectivity index (χ3n) is 3.05. The van der Waals surface area contributed by atoms with Crippen LogP contribution in [-0.2, 0) is 4.74 Å². The lowest BCUT2D eigenvalue weighted by Crippen LogP contribution is -2.46. The molecule has 1 saturated heterocycles. The van der Waals surface area contributed by atoms with E-state index in [1.54, 1.807) is 0 Å². The third kappa shape index (κ3) is 3.18. The minimum absolute atomic E-state index is 0.00616. The number of rotatable bonds is 4. The molecule has 0 saturated carbocycles. The van der Waals surface area contributed by atoms with E-state index in [0.29, 0.717) is 31.9 Å². The number of likely N-dealkylation sites (N-methyl/N-ethyl adjacent to an activating group) is 1. The van der Waals surface area contributed by atoms with Crippen LogP contribution in [0, 0.1) is 15.9 Å². The molecular formula is C12H16FN3O3. The molecule has 1 N–H and O–H groups in total. The van der Waals surface area contributed by atoms with Gasteiger partial charge in [0.2, 0.25) is 0 Å². The number of benzene rings is 1. The van der Waals surface area contributed by atoms with E-state index in [4.69, 9.17) is 4.74 Å². The van der Waals surface area contributed by atoms with Gasteiger partial charge in [0.25, 0.3) is 5.69 Å². The largest absolute Gasteiger partial charge is 0.373 e. The number of nitro benzene ring substituents is 1.